The van der Waals surface area contributed by atoms with Crippen LogP contribution in [0.5, 0.6) is 11.5 Å². The Bertz CT molecular complexity index is 2050. The Morgan fingerprint density at radius 1 is 0.892 bits per heavy atom. The number of aromatic hydroxyl groups is 1. The number of morpholine rings is 1. The summed E-state index contributed by atoms with van der Waals surface area (Å²) >= 11 is 1.56. The first-order valence-corrected chi connectivity index (χ1v) is 20.6. The number of aliphatic carboxylic acids is 4. The standard InChI is InChI=1S/C34H44N4O9S.2C4H4O4.H2O/c1-5-46-33(40)29-22(3)36-28(31(34(41)47-6-2)30(29)23-8-7-9-26(16-23)38(42)43)21-48-15-10-35-19-24-17-27(44-4)18-25(32(24)39)20-37-11-13-45-14-12-37;2*5-3(6)1-2-4(7)8;/h7-9,16-18,30,35-36,39H,5-6,10-15,19-21H2,1-4H3;2*1-2H,(H,5,6)(H,7,8);1H2/b;2*2-1+;. The van der Waals surface area contributed by atoms with Crippen molar-refractivity contribution in [1.82, 2.24) is 15.5 Å². The highest BCUT2D eigenvalue weighted by Gasteiger charge is 2.39. The van der Waals surface area contributed by atoms with Crippen LogP contribution in [-0.2, 0) is 56.1 Å². The third kappa shape index (κ3) is 19.6. The zero-order valence-electron chi connectivity index (χ0n) is 36.1. The summed E-state index contributed by atoms with van der Waals surface area (Å²) in [7, 11) is 1.60. The molecule has 4 rings (SSSR count). The van der Waals surface area contributed by atoms with Crippen LogP contribution in [0.3, 0.4) is 0 Å². The van der Waals surface area contributed by atoms with Crippen LogP contribution in [-0.4, -0.2) is 141 Å². The van der Waals surface area contributed by atoms with E-state index in [4.69, 9.17) is 39.4 Å². The third-order valence-corrected chi connectivity index (χ3v) is 9.73. The van der Waals surface area contributed by atoms with E-state index in [1.54, 1.807) is 45.7 Å². The molecule has 22 nitrogen and oxygen atoms in total. The fourth-order valence-electron chi connectivity index (χ4n) is 6.02. The molecule has 9 N–H and O–H groups in total. The molecule has 2 aliphatic rings. The Morgan fingerprint density at radius 3 is 1.94 bits per heavy atom. The number of hydrogen-bond donors (Lipinski definition) is 7. The molecule has 2 aromatic rings. The minimum absolute atomic E-state index is 0. The molecule has 0 aromatic heterocycles. The maximum Gasteiger partial charge on any atom is 0.336 e. The van der Waals surface area contributed by atoms with Crippen molar-refractivity contribution < 1.29 is 83.6 Å². The fraction of sp³-hybridized carbons (Fsp3) is 0.381. The van der Waals surface area contributed by atoms with Crippen LogP contribution in [0, 0.1) is 10.1 Å². The molecule has 0 bridgehead atoms. The molecule has 0 radical (unpaired) electrons. The largest absolute Gasteiger partial charge is 0.507 e. The number of carbonyl (C=O) groups is 6. The maximum absolute atomic E-state index is 13.5. The first-order chi connectivity index (χ1) is 30.4. The van der Waals surface area contributed by atoms with Gasteiger partial charge < -0.3 is 60.6 Å². The van der Waals surface area contributed by atoms with Gasteiger partial charge in [-0.15, -0.1) is 0 Å². The number of dihydropyridines is 1. The molecule has 2 heterocycles. The first kappa shape index (κ1) is 56.2. The van der Waals surface area contributed by atoms with E-state index in [9.17, 15) is 44.0 Å². The van der Waals surface area contributed by atoms with Crippen molar-refractivity contribution in [3.8, 4) is 11.5 Å². The van der Waals surface area contributed by atoms with E-state index in [1.165, 1.54) is 18.2 Å². The number of nitrogens with zero attached hydrogens (tertiary/aromatic N) is 2. The molecular formula is C42H54N4O18S. The summed E-state index contributed by atoms with van der Waals surface area (Å²) in [5.41, 5.74) is 3.23. The number of benzene rings is 2. The zero-order chi connectivity index (χ0) is 47.8. The normalized spacial score (nSPS) is 14.7. The van der Waals surface area contributed by atoms with Gasteiger partial charge in [0.25, 0.3) is 5.69 Å². The smallest absolute Gasteiger partial charge is 0.336 e. The van der Waals surface area contributed by atoms with Crippen LogP contribution in [0.4, 0.5) is 5.69 Å². The Balaban J connectivity index is 0.00000105. The number of non-ortho nitro benzene ring substituents is 1. The summed E-state index contributed by atoms with van der Waals surface area (Å²) in [6, 6.07) is 9.60. The summed E-state index contributed by atoms with van der Waals surface area (Å²) in [4.78, 5) is 78.2. The summed E-state index contributed by atoms with van der Waals surface area (Å²) in [5, 5.41) is 60.5. The van der Waals surface area contributed by atoms with Crippen LogP contribution < -0.4 is 15.4 Å². The molecule has 0 spiro atoms. The van der Waals surface area contributed by atoms with E-state index in [0.29, 0.717) is 91.4 Å². The second-order valence-electron chi connectivity index (χ2n) is 13.2. The predicted octanol–water partition coefficient (Wildman–Crippen LogP) is 2.60. The number of nitrogens with one attached hydrogen (secondary N) is 2. The number of phenolic OH excluding ortho intramolecular Hbond substituents is 1. The molecule has 2 aromatic carbocycles. The van der Waals surface area contributed by atoms with Crippen LogP contribution >= 0.6 is 11.8 Å². The van der Waals surface area contributed by atoms with Gasteiger partial charge in [-0.05, 0) is 38.5 Å². The second-order valence-corrected chi connectivity index (χ2v) is 14.3. The molecule has 1 saturated heterocycles. The van der Waals surface area contributed by atoms with Crippen LogP contribution in [0.2, 0.25) is 0 Å². The lowest BCUT2D eigenvalue weighted by atomic mass is 9.80. The van der Waals surface area contributed by atoms with Crippen LogP contribution in [0.1, 0.15) is 43.4 Å². The number of carboxylic acid groups (broad SMARTS) is 4. The van der Waals surface area contributed by atoms with Gasteiger partial charge in [-0.2, -0.15) is 11.8 Å². The summed E-state index contributed by atoms with van der Waals surface area (Å²) < 4.78 is 21.7. The van der Waals surface area contributed by atoms with Crippen LogP contribution in [0.15, 0.2) is 83.2 Å². The molecule has 0 amide bonds. The lowest BCUT2D eigenvalue weighted by Gasteiger charge is -2.31. The van der Waals surface area contributed by atoms with E-state index >= 15 is 0 Å². The van der Waals surface area contributed by atoms with E-state index in [-0.39, 0.29) is 41.3 Å². The van der Waals surface area contributed by atoms with Crippen molar-refractivity contribution in [3.63, 3.8) is 0 Å². The quantitative estimate of drug-likeness (QED) is 0.0330. The van der Waals surface area contributed by atoms with E-state index < -0.39 is 46.7 Å². The van der Waals surface area contributed by atoms with Crippen molar-refractivity contribution in [1.29, 1.82) is 0 Å². The molecule has 1 fully saturated rings. The number of phenols is 1. The molecule has 0 saturated carbocycles. The summed E-state index contributed by atoms with van der Waals surface area (Å²) in [6.07, 6.45) is 2.23. The Hall–Kier alpha value is -6.79. The monoisotopic (exact) mass is 934 g/mol. The van der Waals surface area contributed by atoms with Gasteiger partial charge in [-0.1, -0.05) is 12.1 Å². The predicted molar refractivity (Wildman–Crippen MR) is 234 cm³/mol. The fourth-order valence-corrected chi connectivity index (χ4v) is 6.88. The van der Waals surface area contributed by atoms with Gasteiger partial charge in [0.15, 0.2) is 0 Å². The van der Waals surface area contributed by atoms with E-state index in [1.807, 2.05) is 12.1 Å². The van der Waals surface area contributed by atoms with Crippen molar-refractivity contribution in [2.24, 2.45) is 0 Å². The number of esters is 2. The topological polar surface area (TPSA) is 342 Å². The van der Waals surface area contributed by atoms with Crippen LogP contribution in [0.25, 0.3) is 0 Å². The summed E-state index contributed by atoms with van der Waals surface area (Å²) in [6.45, 7) is 9.89. The number of nitro groups is 1. The number of hydrogen-bond acceptors (Lipinski definition) is 17. The van der Waals surface area contributed by atoms with E-state index in [2.05, 4.69) is 15.5 Å². The minimum Gasteiger partial charge on any atom is -0.507 e. The number of allylic oxidation sites excluding steroid dienone is 1. The molecule has 65 heavy (non-hydrogen) atoms. The molecular weight excluding hydrogens is 881 g/mol. The zero-order valence-corrected chi connectivity index (χ0v) is 36.9. The number of rotatable bonds is 20. The average molecular weight is 935 g/mol. The van der Waals surface area contributed by atoms with Gasteiger partial charge in [0.05, 0.1) is 55.5 Å². The molecule has 356 valence electrons. The van der Waals surface area contributed by atoms with Gasteiger partial charge in [0.2, 0.25) is 0 Å². The van der Waals surface area contributed by atoms with Crippen molar-refractivity contribution >= 4 is 53.3 Å². The Morgan fingerprint density at radius 2 is 1.43 bits per heavy atom. The van der Waals surface area contributed by atoms with Gasteiger partial charge in [-0.25, -0.2) is 28.8 Å². The number of thioether (sulfide) groups is 1. The first-order valence-electron chi connectivity index (χ1n) is 19.5. The highest BCUT2D eigenvalue weighted by molar-refractivity contribution is 7.99. The third-order valence-electron chi connectivity index (χ3n) is 8.75. The Labute approximate surface area is 377 Å². The molecule has 23 heteroatoms. The number of methoxy groups -OCH3 is 1. The number of ether oxygens (including phenoxy) is 4. The molecule has 1 atom stereocenters. The lowest BCUT2D eigenvalue weighted by molar-refractivity contribution is -0.384. The van der Waals surface area contributed by atoms with Gasteiger partial charge in [0, 0.05) is 103 Å². The number of carbonyl (C=O) groups excluding carboxylic acids is 2. The maximum atomic E-state index is 13.5. The Kier molecular flexibility index (Phi) is 25.6. The molecule has 1 unspecified atom stereocenters. The minimum atomic E-state index is -1.26. The van der Waals surface area contributed by atoms with E-state index in [0.717, 1.165) is 24.2 Å². The number of carboxylic acids is 4. The van der Waals surface area contributed by atoms with Gasteiger partial charge in [0.1, 0.15) is 11.5 Å². The average Bonchev–Trinajstić information content (AvgIpc) is 3.25. The van der Waals surface area contributed by atoms with Crippen molar-refractivity contribution in [2.75, 3.05) is 64.7 Å². The lowest BCUT2D eigenvalue weighted by Crippen LogP contribution is -2.35. The summed E-state index contributed by atoms with van der Waals surface area (Å²) in [5.74, 6) is -5.25. The van der Waals surface area contributed by atoms with Gasteiger partial charge >= 0.3 is 35.8 Å². The molecule has 2 aliphatic heterocycles. The van der Waals surface area contributed by atoms with Crippen molar-refractivity contribution in [2.45, 2.75) is 39.8 Å². The highest BCUT2D eigenvalue weighted by atomic mass is 32.2. The van der Waals surface area contributed by atoms with Crippen molar-refractivity contribution in [3.05, 3.63) is 110 Å². The highest BCUT2D eigenvalue weighted by Crippen LogP contribution is 2.41. The second kappa shape index (κ2) is 29.6. The van der Waals surface area contributed by atoms with Gasteiger partial charge in [-0.3, -0.25) is 15.0 Å². The number of nitro benzene ring substituents is 1. The SMILES string of the molecule is CCOC(=O)C1=C(C)NC(CSCCNCc2cc(OC)cc(CN3CCOCC3)c2O)=C(C(=O)OCC)C1c1cccc([N+](=O)[O-])c1.O.O=C(O)/C=C/C(=O)O.O=C(O)/C=C/C(=O)O. The molecule has 0 aliphatic carbocycles.